The lowest BCUT2D eigenvalue weighted by molar-refractivity contribution is -0.0989. The fraction of sp³-hybridized carbons (Fsp3) is 0.571. The first-order valence-electron chi connectivity index (χ1n) is 6.41. The number of halogens is 1. The van der Waals surface area contributed by atoms with Gasteiger partial charge in [0, 0.05) is 27.3 Å². The summed E-state index contributed by atoms with van der Waals surface area (Å²) in [5.74, 6) is 1.44. The summed E-state index contributed by atoms with van der Waals surface area (Å²) in [4.78, 5) is 0. The van der Waals surface area contributed by atoms with Gasteiger partial charge >= 0.3 is 0 Å². The lowest BCUT2D eigenvalue weighted by atomic mass is 10.2. The van der Waals surface area contributed by atoms with Crippen LogP contribution in [-0.4, -0.2) is 40.8 Å². The van der Waals surface area contributed by atoms with Gasteiger partial charge in [-0.15, -0.1) is 0 Å². The number of hydrogen-bond donors (Lipinski definition) is 1. The highest BCUT2D eigenvalue weighted by molar-refractivity contribution is 9.10. The van der Waals surface area contributed by atoms with Crippen LogP contribution in [0.1, 0.15) is 12.5 Å². The molecule has 1 aromatic carbocycles. The average molecular weight is 348 g/mol. The van der Waals surface area contributed by atoms with Crippen molar-refractivity contribution in [2.45, 2.75) is 19.8 Å². The number of rotatable bonds is 9. The zero-order chi connectivity index (χ0) is 15.0. The number of nitrogens with one attached hydrogen (secondary N) is 1. The zero-order valence-electron chi connectivity index (χ0n) is 12.4. The van der Waals surface area contributed by atoms with E-state index in [1.807, 2.05) is 19.1 Å². The van der Waals surface area contributed by atoms with Gasteiger partial charge in [-0.05, 0) is 40.5 Å². The molecule has 114 valence electrons. The smallest absolute Gasteiger partial charge is 0.175 e. The highest BCUT2D eigenvalue weighted by Crippen LogP contribution is 2.36. The Morgan fingerprint density at radius 1 is 1.20 bits per heavy atom. The first kappa shape index (κ1) is 17.2. The number of hydrogen-bond acceptors (Lipinski definition) is 5. The summed E-state index contributed by atoms with van der Waals surface area (Å²) < 4.78 is 22.0. The molecular weight excluding hydrogens is 326 g/mol. The van der Waals surface area contributed by atoms with E-state index in [0.29, 0.717) is 25.4 Å². The molecule has 0 unspecified atom stereocenters. The maximum absolute atomic E-state index is 5.56. The predicted molar refractivity (Wildman–Crippen MR) is 81.4 cm³/mol. The third kappa shape index (κ3) is 4.94. The molecule has 0 aliphatic rings. The summed E-state index contributed by atoms with van der Waals surface area (Å²) in [6.07, 6.45) is -0.247. The van der Waals surface area contributed by atoms with Gasteiger partial charge in [-0.3, -0.25) is 0 Å². The fourth-order valence-corrected chi connectivity index (χ4v) is 2.36. The molecule has 1 N–H and O–H groups in total. The van der Waals surface area contributed by atoms with Crippen molar-refractivity contribution in [2.75, 3.05) is 34.5 Å². The molecule has 0 aliphatic heterocycles. The molecule has 0 atom stereocenters. The van der Waals surface area contributed by atoms with Crippen LogP contribution in [0.3, 0.4) is 0 Å². The second kappa shape index (κ2) is 9.18. The molecule has 1 rings (SSSR count). The minimum atomic E-state index is -0.247. The van der Waals surface area contributed by atoms with Crippen molar-refractivity contribution in [1.82, 2.24) is 5.32 Å². The highest BCUT2D eigenvalue weighted by Gasteiger charge is 2.11. The Morgan fingerprint density at radius 2 is 1.90 bits per heavy atom. The topological polar surface area (TPSA) is 49.0 Å². The lowest BCUT2D eigenvalue weighted by Gasteiger charge is -2.16. The van der Waals surface area contributed by atoms with Crippen LogP contribution in [-0.2, 0) is 16.0 Å². The van der Waals surface area contributed by atoms with Gasteiger partial charge in [0.05, 0.1) is 18.2 Å². The molecule has 5 nitrogen and oxygen atoms in total. The van der Waals surface area contributed by atoms with Crippen LogP contribution < -0.4 is 14.8 Å². The van der Waals surface area contributed by atoms with Crippen LogP contribution in [0, 0.1) is 0 Å². The normalized spacial score (nSPS) is 10.9. The molecule has 0 bridgehead atoms. The van der Waals surface area contributed by atoms with E-state index in [-0.39, 0.29) is 6.29 Å². The molecule has 1 aromatic rings. The third-order valence-electron chi connectivity index (χ3n) is 2.74. The van der Waals surface area contributed by atoms with Crippen molar-refractivity contribution >= 4 is 15.9 Å². The van der Waals surface area contributed by atoms with Crippen LogP contribution in [0.25, 0.3) is 0 Å². The van der Waals surface area contributed by atoms with Gasteiger partial charge in [0.2, 0.25) is 0 Å². The summed E-state index contributed by atoms with van der Waals surface area (Å²) in [7, 11) is 4.87. The second-order valence-corrected chi connectivity index (χ2v) is 4.93. The Labute approximate surface area is 128 Å². The largest absolute Gasteiger partial charge is 0.493 e. The van der Waals surface area contributed by atoms with E-state index < -0.39 is 0 Å². The summed E-state index contributed by atoms with van der Waals surface area (Å²) in [5, 5.41) is 3.27. The SMILES string of the molecule is CCOc1c(Br)cc(CNCC(OC)OC)cc1OC. The molecule has 0 saturated carbocycles. The summed E-state index contributed by atoms with van der Waals surface area (Å²) in [5.41, 5.74) is 1.09. The Balaban J connectivity index is 2.69. The van der Waals surface area contributed by atoms with E-state index in [0.717, 1.165) is 15.8 Å². The maximum Gasteiger partial charge on any atom is 0.175 e. The number of methoxy groups -OCH3 is 3. The van der Waals surface area contributed by atoms with Crippen molar-refractivity contribution in [3.05, 3.63) is 22.2 Å². The lowest BCUT2D eigenvalue weighted by Crippen LogP contribution is -2.29. The minimum Gasteiger partial charge on any atom is -0.493 e. The van der Waals surface area contributed by atoms with Gasteiger partial charge in [-0.1, -0.05) is 0 Å². The van der Waals surface area contributed by atoms with Crippen molar-refractivity contribution in [1.29, 1.82) is 0 Å². The van der Waals surface area contributed by atoms with E-state index in [9.17, 15) is 0 Å². The van der Waals surface area contributed by atoms with Crippen molar-refractivity contribution < 1.29 is 18.9 Å². The minimum absolute atomic E-state index is 0.247. The van der Waals surface area contributed by atoms with E-state index in [2.05, 4.69) is 21.2 Å². The fourth-order valence-electron chi connectivity index (χ4n) is 1.76. The molecule has 0 fully saturated rings. The molecule has 0 aromatic heterocycles. The van der Waals surface area contributed by atoms with Crippen LogP contribution in [0.5, 0.6) is 11.5 Å². The molecule has 0 aliphatic carbocycles. The maximum atomic E-state index is 5.56. The number of benzene rings is 1. The van der Waals surface area contributed by atoms with Crippen LogP contribution in [0.15, 0.2) is 16.6 Å². The van der Waals surface area contributed by atoms with Gasteiger partial charge < -0.3 is 24.3 Å². The van der Waals surface area contributed by atoms with E-state index in [4.69, 9.17) is 18.9 Å². The van der Waals surface area contributed by atoms with Gasteiger partial charge in [0.25, 0.3) is 0 Å². The van der Waals surface area contributed by atoms with Crippen LogP contribution in [0.4, 0.5) is 0 Å². The highest BCUT2D eigenvalue weighted by atomic mass is 79.9. The Bertz CT molecular complexity index is 410. The van der Waals surface area contributed by atoms with Crippen LogP contribution in [0.2, 0.25) is 0 Å². The molecule has 0 amide bonds. The molecule has 6 heteroatoms. The Hall–Kier alpha value is -0.820. The molecular formula is C14H22BrNO4. The molecule has 20 heavy (non-hydrogen) atoms. The van der Waals surface area contributed by atoms with Crippen LogP contribution >= 0.6 is 15.9 Å². The van der Waals surface area contributed by atoms with E-state index in [1.165, 1.54) is 0 Å². The molecule has 0 saturated heterocycles. The van der Waals surface area contributed by atoms with Crippen molar-refractivity contribution in [3.63, 3.8) is 0 Å². The summed E-state index contributed by atoms with van der Waals surface area (Å²) >= 11 is 3.51. The monoisotopic (exact) mass is 347 g/mol. The standard InChI is InChI=1S/C14H22BrNO4/c1-5-20-14-11(15)6-10(7-12(14)17-2)8-16-9-13(18-3)19-4/h6-7,13,16H,5,8-9H2,1-4H3. The Morgan fingerprint density at radius 3 is 2.45 bits per heavy atom. The van der Waals surface area contributed by atoms with Gasteiger partial charge in [0.1, 0.15) is 0 Å². The number of ether oxygens (including phenoxy) is 4. The molecule has 0 spiro atoms. The zero-order valence-corrected chi connectivity index (χ0v) is 14.0. The van der Waals surface area contributed by atoms with Gasteiger partial charge in [-0.2, -0.15) is 0 Å². The van der Waals surface area contributed by atoms with Crippen molar-refractivity contribution in [3.8, 4) is 11.5 Å². The first-order valence-corrected chi connectivity index (χ1v) is 7.21. The Kier molecular flexibility index (Phi) is 7.91. The van der Waals surface area contributed by atoms with Gasteiger partial charge in [-0.25, -0.2) is 0 Å². The molecule has 0 heterocycles. The average Bonchev–Trinajstić information content (AvgIpc) is 2.46. The quantitative estimate of drug-likeness (QED) is 0.695. The van der Waals surface area contributed by atoms with Gasteiger partial charge in [0.15, 0.2) is 17.8 Å². The molecule has 0 radical (unpaired) electrons. The van der Waals surface area contributed by atoms with E-state index >= 15 is 0 Å². The second-order valence-electron chi connectivity index (χ2n) is 4.07. The predicted octanol–water partition coefficient (Wildman–Crippen LogP) is 2.56. The third-order valence-corrected chi connectivity index (χ3v) is 3.33. The van der Waals surface area contributed by atoms with Crippen molar-refractivity contribution in [2.24, 2.45) is 0 Å². The summed E-state index contributed by atoms with van der Waals surface area (Å²) in [6, 6.07) is 3.96. The van der Waals surface area contributed by atoms with E-state index in [1.54, 1.807) is 21.3 Å². The summed E-state index contributed by atoms with van der Waals surface area (Å²) in [6.45, 7) is 3.83. The first-order chi connectivity index (χ1) is 9.65.